The van der Waals surface area contributed by atoms with E-state index in [2.05, 4.69) is 53.6 Å². The molecule has 5 heteroatoms. The molecular formula is C17H24N4O. The Kier molecular flexibility index (Phi) is 3.91. The van der Waals surface area contributed by atoms with Crippen molar-refractivity contribution >= 4 is 0 Å². The Labute approximate surface area is 130 Å². The minimum absolute atomic E-state index is 0.0281. The molecule has 0 amide bonds. The molecule has 0 unspecified atom stereocenters. The van der Waals surface area contributed by atoms with Crippen molar-refractivity contribution in [2.75, 3.05) is 6.54 Å². The minimum Gasteiger partial charge on any atom is -0.362 e. The summed E-state index contributed by atoms with van der Waals surface area (Å²) in [5.74, 6) is 1.05. The van der Waals surface area contributed by atoms with Crippen molar-refractivity contribution in [3.63, 3.8) is 0 Å². The molecule has 1 aliphatic rings. The normalized spacial score (nSPS) is 15.3. The van der Waals surface area contributed by atoms with Gasteiger partial charge in [0.15, 0.2) is 0 Å². The minimum atomic E-state index is 0.0281. The largest absolute Gasteiger partial charge is 0.362 e. The highest BCUT2D eigenvalue weighted by Crippen LogP contribution is 2.19. The summed E-state index contributed by atoms with van der Waals surface area (Å²) in [4.78, 5) is 25.6. The van der Waals surface area contributed by atoms with Gasteiger partial charge in [-0.2, -0.15) is 0 Å². The molecule has 3 rings (SSSR count). The Hall–Kier alpha value is -1.88. The average molecular weight is 300 g/mol. The van der Waals surface area contributed by atoms with Crippen LogP contribution in [0.3, 0.4) is 0 Å². The van der Waals surface area contributed by atoms with Gasteiger partial charge in [0.05, 0.1) is 11.3 Å². The maximum absolute atomic E-state index is 12.3. The van der Waals surface area contributed by atoms with Crippen LogP contribution in [0.4, 0.5) is 0 Å². The lowest BCUT2D eigenvalue weighted by molar-refractivity contribution is 0.241. The van der Waals surface area contributed by atoms with Gasteiger partial charge in [-0.05, 0) is 25.5 Å². The Bertz CT molecular complexity index is 742. The highest BCUT2D eigenvalue weighted by atomic mass is 16.1. The number of aromatic amines is 2. The summed E-state index contributed by atoms with van der Waals surface area (Å²) in [6.45, 7) is 10.8. The van der Waals surface area contributed by atoms with Gasteiger partial charge < -0.3 is 9.97 Å². The third-order valence-electron chi connectivity index (χ3n) is 4.36. The zero-order chi connectivity index (χ0) is 15.9. The van der Waals surface area contributed by atoms with Crippen LogP contribution in [0, 0.1) is 13.8 Å². The van der Waals surface area contributed by atoms with Crippen LogP contribution in [0.25, 0.3) is 0 Å². The first kappa shape index (κ1) is 15.0. The monoisotopic (exact) mass is 300 g/mol. The Morgan fingerprint density at radius 3 is 2.73 bits per heavy atom. The second-order valence-corrected chi connectivity index (χ2v) is 6.59. The summed E-state index contributed by atoms with van der Waals surface area (Å²) in [6, 6.07) is 2.19. The molecule has 2 N–H and O–H groups in total. The van der Waals surface area contributed by atoms with Gasteiger partial charge in [-0.15, -0.1) is 0 Å². The summed E-state index contributed by atoms with van der Waals surface area (Å²) in [5.41, 5.74) is 5.55. The van der Waals surface area contributed by atoms with Crippen molar-refractivity contribution in [2.45, 2.75) is 53.1 Å². The van der Waals surface area contributed by atoms with Crippen LogP contribution in [0.1, 0.15) is 53.8 Å². The van der Waals surface area contributed by atoms with Gasteiger partial charge in [0.2, 0.25) is 0 Å². The van der Waals surface area contributed by atoms with Crippen LogP contribution in [0.15, 0.2) is 10.9 Å². The quantitative estimate of drug-likeness (QED) is 0.915. The molecule has 0 fully saturated rings. The number of nitrogens with one attached hydrogen (secondary N) is 2. The van der Waals surface area contributed by atoms with Gasteiger partial charge in [-0.1, -0.05) is 13.8 Å². The van der Waals surface area contributed by atoms with Gasteiger partial charge in [0, 0.05) is 43.4 Å². The summed E-state index contributed by atoms with van der Waals surface area (Å²) < 4.78 is 0. The number of rotatable bonds is 3. The van der Waals surface area contributed by atoms with Crippen molar-refractivity contribution in [3.05, 3.63) is 50.5 Å². The van der Waals surface area contributed by atoms with Gasteiger partial charge in [-0.3, -0.25) is 9.69 Å². The Morgan fingerprint density at radius 2 is 2.09 bits per heavy atom. The zero-order valence-corrected chi connectivity index (χ0v) is 13.8. The fourth-order valence-electron chi connectivity index (χ4n) is 3.10. The fraction of sp³-hybridized carbons (Fsp3) is 0.529. The van der Waals surface area contributed by atoms with E-state index in [1.54, 1.807) is 0 Å². The van der Waals surface area contributed by atoms with Gasteiger partial charge >= 0.3 is 0 Å². The number of fused-ring (bicyclic) bond motifs is 1. The highest BCUT2D eigenvalue weighted by molar-refractivity contribution is 5.26. The molecule has 0 aromatic carbocycles. The van der Waals surface area contributed by atoms with Crippen molar-refractivity contribution < 1.29 is 0 Å². The second kappa shape index (κ2) is 5.72. The lowest BCUT2D eigenvalue weighted by Crippen LogP contribution is -2.36. The van der Waals surface area contributed by atoms with Crippen LogP contribution in [0.2, 0.25) is 0 Å². The maximum atomic E-state index is 12.3. The zero-order valence-electron chi connectivity index (χ0n) is 13.8. The van der Waals surface area contributed by atoms with E-state index in [1.807, 2.05) is 0 Å². The van der Waals surface area contributed by atoms with E-state index in [9.17, 15) is 4.79 Å². The van der Waals surface area contributed by atoms with E-state index < -0.39 is 0 Å². The molecule has 0 saturated heterocycles. The van der Waals surface area contributed by atoms with E-state index in [0.29, 0.717) is 6.54 Å². The average Bonchev–Trinajstić information content (AvgIpc) is 2.77. The molecule has 3 heterocycles. The fourth-order valence-corrected chi connectivity index (χ4v) is 3.10. The first-order chi connectivity index (χ1) is 10.4. The topological polar surface area (TPSA) is 64.8 Å². The van der Waals surface area contributed by atoms with Gasteiger partial charge in [0.25, 0.3) is 5.56 Å². The molecule has 118 valence electrons. The third kappa shape index (κ3) is 2.86. The molecular weight excluding hydrogens is 276 g/mol. The van der Waals surface area contributed by atoms with Crippen LogP contribution in [-0.4, -0.2) is 26.4 Å². The van der Waals surface area contributed by atoms with E-state index in [0.717, 1.165) is 36.6 Å². The smallest absolute Gasteiger partial charge is 0.255 e. The van der Waals surface area contributed by atoms with Crippen LogP contribution < -0.4 is 5.56 Å². The van der Waals surface area contributed by atoms with Crippen LogP contribution in [-0.2, 0) is 19.5 Å². The molecule has 5 nitrogen and oxygen atoms in total. The van der Waals surface area contributed by atoms with Crippen molar-refractivity contribution in [2.24, 2.45) is 0 Å². The van der Waals surface area contributed by atoms with E-state index >= 15 is 0 Å². The van der Waals surface area contributed by atoms with Gasteiger partial charge in [0.1, 0.15) is 5.82 Å². The first-order valence-electron chi connectivity index (χ1n) is 7.93. The standard InChI is InChI=1S/C17H24N4O/c1-10(2)16-19-15-5-6-21(9-14(15)17(22)20-16)8-13-7-11(3)18-12(13)4/h7,10,18H,5-6,8-9H2,1-4H3,(H,19,20,22). The summed E-state index contributed by atoms with van der Waals surface area (Å²) in [6.07, 6.45) is 0.849. The molecule has 2 aromatic rings. The van der Waals surface area contributed by atoms with E-state index in [-0.39, 0.29) is 11.5 Å². The maximum Gasteiger partial charge on any atom is 0.255 e. The third-order valence-corrected chi connectivity index (χ3v) is 4.36. The lowest BCUT2D eigenvalue weighted by Gasteiger charge is -2.27. The molecule has 0 atom stereocenters. The number of nitrogens with zero attached hydrogens (tertiary/aromatic N) is 2. The summed E-state index contributed by atoms with van der Waals surface area (Å²) in [7, 11) is 0. The molecule has 0 saturated carbocycles. The van der Waals surface area contributed by atoms with E-state index in [1.165, 1.54) is 17.0 Å². The second-order valence-electron chi connectivity index (χ2n) is 6.59. The number of H-pyrrole nitrogens is 2. The lowest BCUT2D eigenvalue weighted by atomic mass is 10.1. The molecule has 0 aliphatic carbocycles. The number of aromatic nitrogens is 3. The number of hydrogen-bond donors (Lipinski definition) is 2. The predicted octanol–water partition coefficient (Wildman–Crippen LogP) is 2.40. The number of hydrogen-bond acceptors (Lipinski definition) is 3. The van der Waals surface area contributed by atoms with Crippen molar-refractivity contribution in [1.82, 2.24) is 19.9 Å². The first-order valence-corrected chi connectivity index (χ1v) is 7.93. The Morgan fingerprint density at radius 1 is 1.32 bits per heavy atom. The van der Waals surface area contributed by atoms with Crippen LogP contribution in [0.5, 0.6) is 0 Å². The SMILES string of the molecule is Cc1cc(CN2CCc3nc(C(C)C)[nH]c(=O)c3C2)c(C)[nH]1. The Balaban J connectivity index is 1.82. The van der Waals surface area contributed by atoms with Crippen molar-refractivity contribution in [3.8, 4) is 0 Å². The molecule has 0 bridgehead atoms. The molecule has 0 radical (unpaired) electrons. The molecule has 2 aromatic heterocycles. The van der Waals surface area contributed by atoms with E-state index in [4.69, 9.17) is 0 Å². The predicted molar refractivity (Wildman–Crippen MR) is 87.0 cm³/mol. The molecule has 1 aliphatic heterocycles. The highest BCUT2D eigenvalue weighted by Gasteiger charge is 2.22. The number of aryl methyl sites for hydroxylation is 2. The van der Waals surface area contributed by atoms with Gasteiger partial charge in [-0.25, -0.2) is 4.98 Å². The molecule has 22 heavy (non-hydrogen) atoms. The van der Waals surface area contributed by atoms with Crippen LogP contribution >= 0.6 is 0 Å². The van der Waals surface area contributed by atoms with Crippen molar-refractivity contribution in [1.29, 1.82) is 0 Å². The summed E-state index contributed by atoms with van der Waals surface area (Å²) >= 11 is 0. The molecule has 0 spiro atoms. The summed E-state index contributed by atoms with van der Waals surface area (Å²) in [5, 5.41) is 0.